The van der Waals surface area contributed by atoms with Gasteiger partial charge in [0.25, 0.3) is 0 Å². The van der Waals surface area contributed by atoms with Crippen LogP contribution in [0.15, 0.2) is 29.2 Å². The molecule has 2 nitrogen and oxygen atoms in total. The van der Waals surface area contributed by atoms with Crippen molar-refractivity contribution in [2.75, 3.05) is 19.4 Å². The molecule has 0 radical (unpaired) electrons. The molecule has 0 amide bonds. The predicted octanol–water partition coefficient (Wildman–Crippen LogP) is 2.54. The Balaban J connectivity index is 1.91. The van der Waals surface area contributed by atoms with Gasteiger partial charge in [-0.2, -0.15) is 0 Å². The molecule has 1 aromatic carbocycles. The molecule has 0 bridgehead atoms. The van der Waals surface area contributed by atoms with E-state index in [2.05, 4.69) is 17.6 Å². The number of thioether (sulfide) groups is 1. The van der Waals surface area contributed by atoms with Crippen LogP contribution >= 0.6 is 11.8 Å². The molecule has 1 saturated heterocycles. The Morgan fingerprint density at radius 2 is 2.33 bits per heavy atom. The molecule has 1 N–H and O–H groups in total. The van der Waals surface area contributed by atoms with E-state index in [4.69, 9.17) is 4.74 Å². The molecule has 1 fully saturated rings. The van der Waals surface area contributed by atoms with Gasteiger partial charge in [-0.05, 0) is 37.8 Å². The van der Waals surface area contributed by atoms with Crippen LogP contribution in [-0.2, 0) is 0 Å². The highest BCUT2D eigenvalue weighted by Gasteiger charge is 2.14. The van der Waals surface area contributed by atoms with E-state index in [1.54, 1.807) is 11.8 Å². The van der Waals surface area contributed by atoms with Gasteiger partial charge in [0.15, 0.2) is 0 Å². The van der Waals surface area contributed by atoms with Gasteiger partial charge in [0.1, 0.15) is 12.4 Å². The van der Waals surface area contributed by atoms with Crippen LogP contribution in [0.4, 0.5) is 0 Å². The van der Waals surface area contributed by atoms with Crippen LogP contribution in [0.2, 0.25) is 0 Å². The first-order valence-electron chi connectivity index (χ1n) is 5.39. The first-order valence-corrected chi connectivity index (χ1v) is 6.62. The molecule has 1 atom stereocenters. The van der Waals surface area contributed by atoms with E-state index in [-0.39, 0.29) is 0 Å². The standard InChI is InChI=1S/C12H17NOS/c1-15-12-7-3-2-6-11(12)14-9-10-5-4-8-13-10/h2-3,6-7,10,13H,4-5,8-9H2,1H3/t10-/m1/s1. The summed E-state index contributed by atoms with van der Waals surface area (Å²) < 4.78 is 5.83. The Morgan fingerprint density at radius 3 is 3.07 bits per heavy atom. The normalized spacial score (nSPS) is 20.5. The molecule has 1 heterocycles. The third-order valence-corrected chi connectivity index (χ3v) is 3.45. The summed E-state index contributed by atoms with van der Waals surface area (Å²) in [7, 11) is 0. The molecule has 0 saturated carbocycles. The quantitative estimate of drug-likeness (QED) is 0.793. The van der Waals surface area contributed by atoms with Crippen LogP contribution in [-0.4, -0.2) is 25.4 Å². The summed E-state index contributed by atoms with van der Waals surface area (Å²) >= 11 is 1.73. The molecule has 1 aliphatic rings. The van der Waals surface area contributed by atoms with Crippen molar-refractivity contribution in [3.63, 3.8) is 0 Å². The fraction of sp³-hybridized carbons (Fsp3) is 0.500. The molecule has 3 heteroatoms. The highest BCUT2D eigenvalue weighted by molar-refractivity contribution is 7.98. The number of benzene rings is 1. The van der Waals surface area contributed by atoms with E-state index >= 15 is 0 Å². The number of rotatable bonds is 4. The van der Waals surface area contributed by atoms with Crippen LogP contribution < -0.4 is 10.1 Å². The molecule has 2 rings (SSSR count). The van der Waals surface area contributed by atoms with Gasteiger partial charge in [-0.3, -0.25) is 0 Å². The molecule has 0 aliphatic carbocycles. The van der Waals surface area contributed by atoms with E-state index in [0.29, 0.717) is 6.04 Å². The number of ether oxygens (including phenoxy) is 1. The van der Waals surface area contributed by atoms with Crippen molar-refractivity contribution in [2.45, 2.75) is 23.8 Å². The monoisotopic (exact) mass is 223 g/mol. The van der Waals surface area contributed by atoms with Gasteiger partial charge in [0, 0.05) is 10.9 Å². The second kappa shape index (κ2) is 5.42. The maximum absolute atomic E-state index is 5.83. The van der Waals surface area contributed by atoms with Crippen molar-refractivity contribution >= 4 is 11.8 Å². The minimum Gasteiger partial charge on any atom is -0.491 e. The van der Waals surface area contributed by atoms with Crippen molar-refractivity contribution in [2.24, 2.45) is 0 Å². The summed E-state index contributed by atoms with van der Waals surface area (Å²) in [6, 6.07) is 8.76. The predicted molar refractivity (Wildman–Crippen MR) is 64.7 cm³/mol. The first-order chi connectivity index (χ1) is 7.40. The van der Waals surface area contributed by atoms with Crippen molar-refractivity contribution in [1.29, 1.82) is 0 Å². The number of hydrogen-bond donors (Lipinski definition) is 1. The number of para-hydroxylation sites is 1. The fourth-order valence-corrected chi connectivity index (χ4v) is 2.37. The Labute approximate surface area is 95.4 Å². The average molecular weight is 223 g/mol. The lowest BCUT2D eigenvalue weighted by Gasteiger charge is -2.13. The second-order valence-corrected chi connectivity index (χ2v) is 4.60. The Kier molecular flexibility index (Phi) is 3.92. The third kappa shape index (κ3) is 2.89. The fourth-order valence-electron chi connectivity index (χ4n) is 1.83. The lowest BCUT2D eigenvalue weighted by atomic mass is 10.2. The first kappa shape index (κ1) is 10.8. The molecule has 1 aliphatic heterocycles. The van der Waals surface area contributed by atoms with Crippen LogP contribution in [0.5, 0.6) is 5.75 Å². The van der Waals surface area contributed by atoms with Crippen molar-refractivity contribution in [3.8, 4) is 5.75 Å². The van der Waals surface area contributed by atoms with Gasteiger partial charge < -0.3 is 10.1 Å². The van der Waals surface area contributed by atoms with Gasteiger partial charge in [-0.15, -0.1) is 11.8 Å². The van der Waals surface area contributed by atoms with Crippen LogP contribution in [0.1, 0.15) is 12.8 Å². The summed E-state index contributed by atoms with van der Waals surface area (Å²) in [4.78, 5) is 1.22. The molecule has 0 unspecified atom stereocenters. The van der Waals surface area contributed by atoms with Gasteiger partial charge >= 0.3 is 0 Å². The van der Waals surface area contributed by atoms with Gasteiger partial charge in [-0.25, -0.2) is 0 Å². The molecular weight excluding hydrogens is 206 g/mol. The second-order valence-electron chi connectivity index (χ2n) is 3.76. The number of hydrogen-bond acceptors (Lipinski definition) is 3. The Bertz CT molecular complexity index is 310. The lowest BCUT2D eigenvalue weighted by Crippen LogP contribution is -2.28. The summed E-state index contributed by atoms with van der Waals surface area (Å²) in [6.07, 6.45) is 4.59. The van der Waals surface area contributed by atoms with Gasteiger partial charge in [-0.1, -0.05) is 12.1 Å². The van der Waals surface area contributed by atoms with Crippen LogP contribution in [0, 0.1) is 0 Å². The van der Waals surface area contributed by atoms with Crippen LogP contribution in [0.3, 0.4) is 0 Å². The maximum Gasteiger partial charge on any atom is 0.132 e. The molecule has 82 valence electrons. The summed E-state index contributed by atoms with van der Waals surface area (Å²) in [5.41, 5.74) is 0. The van der Waals surface area contributed by atoms with Crippen molar-refractivity contribution < 1.29 is 4.74 Å². The zero-order valence-corrected chi connectivity index (χ0v) is 9.85. The molecule has 0 spiro atoms. The largest absolute Gasteiger partial charge is 0.491 e. The molecular formula is C12H17NOS. The van der Waals surface area contributed by atoms with Crippen molar-refractivity contribution in [3.05, 3.63) is 24.3 Å². The van der Waals surface area contributed by atoms with Crippen LogP contribution in [0.25, 0.3) is 0 Å². The summed E-state index contributed by atoms with van der Waals surface area (Å²) in [5.74, 6) is 1.01. The Hall–Kier alpha value is -0.670. The zero-order chi connectivity index (χ0) is 10.5. The SMILES string of the molecule is CSc1ccccc1OC[C@H]1CCCN1. The smallest absolute Gasteiger partial charge is 0.132 e. The van der Waals surface area contributed by atoms with E-state index in [9.17, 15) is 0 Å². The van der Waals surface area contributed by atoms with E-state index in [0.717, 1.165) is 18.9 Å². The third-order valence-electron chi connectivity index (χ3n) is 2.67. The molecule has 0 aromatic heterocycles. The van der Waals surface area contributed by atoms with Gasteiger partial charge in [0.05, 0.1) is 0 Å². The lowest BCUT2D eigenvalue weighted by molar-refractivity contribution is 0.271. The Morgan fingerprint density at radius 1 is 1.47 bits per heavy atom. The van der Waals surface area contributed by atoms with E-state index < -0.39 is 0 Å². The maximum atomic E-state index is 5.83. The van der Waals surface area contributed by atoms with E-state index in [1.807, 2.05) is 18.2 Å². The minimum absolute atomic E-state index is 0.542. The molecule has 15 heavy (non-hydrogen) atoms. The topological polar surface area (TPSA) is 21.3 Å². The van der Waals surface area contributed by atoms with E-state index in [1.165, 1.54) is 17.7 Å². The zero-order valence-electron chi connectivity index (χ0n) is 9.03. The summed E-state index contributed by atoms with van der Waals surface area (Å²) in [5, 5.41) is 3.43. The average Bonchev–Trinajstić information content (AvgIpc) is 2.79. The minimum atomic E-state index is 0.542. The number of nitrogens with one attached hydrogen (secondary N) is 1. The molecule has 1 aromatic rings. The highest BCUT2D eigenvalue weighted by atomic mass is 32.2. The summed E-state index contributed by atoms with van der Waals surface area (Å²) in [6.45, 7) is 1.93. The van der Waals surface area contributed by atoms with Gasteiger partial charge in [0.2, 0.25) is 0 Å². The highest BCUT2D eigenvalue weighted by Crippen LogP contribution is 2.27. The van der Waals surface area contributed by atoms with Crippen molar-refractivity contribution in [1.82, 2.24) is 5.32 Å².